The van der Waals surface area contributed by atoms with Crippen molar-refractivity contribution in [3.8, 4) is 5.75 Å². The molecule has 0 saturated heterocycles. The maximum absolute atomic E-state index is 13.8. The second-order valence-electron chi connectivity index (χ2n) is 10.1. The number of carbonyl (C=O) groups is 3. The zero-order valence-electron chi connectivity index (χ0n) is 21.3. The van der Waals surface area contributed by atoms with E-state index in [0.29, 0.717) is 18.7 Å². The Morgan fingerprint density at radius 3 is 2.39 bits per heavy atom. The summed E-state index contributed by atoms with van der Waals surface area (Å²) >= 11 is 0. The van der Waals surface area contributed by atoms with E-state index in [1.54, 1.807) is 9.80 Å². The Morgan fingerprint density at radius 1 is 1.08 bits per heavy atom. The fraction of sp³-hybridized carbons (Fsp3) is 0.464. The summed E-state index contributed by atoms with van der Waals surface area (Å²) in [4.78, 5) is 41.9. The zero-order chi connectivity index (χ0) is 27.6. The van der Waals surface area contributed by atoms with Gasteiger partial charge in [0.1, 0.15) is 5.75 Å². The Bertz CT molecular complexity index is 1180. The fourth-order valence-corrected chi connectivity index (χ4v) is 5.74. The molecule has 10 heteroatoms. The van der Waals surface area contributed by atoms with E-state index in [1.807, 2.05) is 38.1 Å². The largest absolute Gasteiger partial charge is 0.573 e. The maximum Gasteiger partial charge on any atom is 0.573 e. The van der Waals surface area contributed by atoms with Crippen LogP contribution in [-0.2, 0) is 9.59 Å². The molecule has 0 spiro atoms. The summed E-state index contributed by atoms with van der Waals surface area (Å²) in [7, 11) is 0. The molecular formula is C28H31F3N2O5. The third-order valence-corrected chi connectivity index (χ3v) is 7.24. The highest BCUT2D eigenvalue weighted by molar-refractivity contribution is 6.07. The Hall–Kier alpha value is -3.56. The first-order valence-corrected chi connectivity index (χ1v) is 12.8. The van der Waals surface area contributed by atoms with E-state index in [1.165, 1.54) is 12.1 Å². The van der Waals surface area contributed by atoms with Gasteiger partial charge in [0.2, 0.25) is 5.91 Å². The van der Waals surface area contributed by atoms with E-state index in [-0.39, 0.29) is 47.7 Å². The Labute approximate surface area is 219 Å². The van der Waals surface area contributed by atoms with Gasteiger partial charge in [0.25, 0.3) is 5.91 Å². The van der Waals surface area contributed by atoms with Crippen molar-refractivity contribution >= 4 is 23.5 Å². The molecule has 1 N–H and O–H groups in total. The highest BCUT2D eigenvalue weighted by Crippen LogP contribution is 2.51. The first-order valence-electron chi connectivity index (χ1n) is 12.8. The van der Waals surface area contributed by atoms with Crippen LogP contribution < -0.4 is 9.64 Å². The molecule has 2 aromatic carbocycles. The van der Waals surface area contributed by atoms with Crippen LogP contribution in [0.15, 0.2) is 48.5 Å². The normalized spacial score (nSPS) is 20.6. The van der Waals surface area contributed by atoms with Crippen LogP contribution >= 0.6 is 0 Å². The molecule has 1 heterocycles. The van der Waals surface area contributed by atoms with Gasteiger partial charge in [0.15, 0.2) is 0 Å². The first-order chi connectivity index (χ1) is 18.0. The summed E-state index contributed by atoms with van der Waals surface area (Å²) in [5.41, 5.74) is 1.70. The van der Waals surface area contributed by atoms with Gasteiger partial charge in [-0.3, -0.25) is 14.4 Å². The van der Waals surface area contributed by atoms with Crippen LogP contribution in [0.1, 0.15) is 67.9 Å². The van der Waals surface area contributed by atoms with Gasteiger partial charge in [-0.1, -0.05) is 38.5 Å². The number of benzene rings is 2. The van der Waals surface area contributed by atoms with Crippen molar-refractivity contribution < 1.29 is 37.4 Å². The van der Waals surface area contributed by atoms with Gasteiger partial charge in [-0.05, 0) is 55.2 Å². The van der Waals surface area contributed by atoms with Gasteiger partial charge in [-0.25, -0.2) is 0 Å². The van der Waals surface area contributed by atoms with E-state index >= 15 is 0 Å². The number of halogens is 3. The predicted molar refractivity (Wildman–Crippen MR) is 134 cm³/mol. The molecular weight excluding hydrogens is 501 g/mol. The molecule has 0 radical (unpaired) electrons. The van der Waals surface area contributed by atoms with Crippen LogP contribution in [0.5, 0.6) is 5.75 Å². The quantitative estimate of drug-likeness (QED) is 0.464. The second kappa shape index (κ2) is 11.0. The first kappa shape index (κ1) is 27.5. The van der Waals surface area contributed by atoms with Crippen LogP contribution in [-0.4, -0.2) is 46.7 Å². The van der Waals surface area contributed by atoms with Gasteiger partial charge in [-0.15, -0.1) is 13.2 Å². The molecule has 1 aliphatic heterocycles. The lowest BCUT2D eigenvalue weighted by molar-refractivity contribution is -0.274. The highest BCUT2D eigenvalue weighted by Gasteiger charge is 2.48. The summed E-state index contributed by atoms with van der Waals surface area (Å²) in [5, 5.41) is 9.16. The number of ether oxygens (including phenoxy) is 1. The third kappa shape index (κ3) is 5.79. The van der Waals surface area contributed by atoms with Crippen LogP contribution in [0.4, 0.5) is 18.9 Å². The van der Waals surface area contributed by atoms with Crippen LogP contribution in [0.2, 0.25) is 0 Å². The minimum Gasteiger partial charge on any atom is -0.481 e. The van der Waals surface area contributed by atoms with E-state index in [2.05, 4.69) is 4.74 Å². The molecule has 4 rings (SSSR count). The molecule has 204 valence electrons. The number of fused-ring (bicyclic) bond motifs is 2. The standard InChI is InChI=1S/C28H31F3N2O5/c1-17(2)26(36)32(16-6-11-24(34)35)25-20-7-3-4-9-22(20)33(23-10-5-8-21(23)25)27(37)18-12-14-19(15-13-18)38-28(29,30)31/h3-4,7,9,12-15,17,21,23,25H,5-6,8,10-11,16H2,1-2H3,(H,34,35)/t21-,23+,25-/m0/s1. The molecule has 0 aromatic heterocycles. The van der Waals surface area contributed by atoms with E-state index in [4.69, 9.17) is 5.11 Å². The number of carboxylic acids is 1. The van der Waals surface area contributed by atoms with Gasteiger partial charge < -0.3 is 19.6 Å². The minimum absolute atomic E-state index is 0.0526. The number of anilines is 1. The lowest BCUT2D eigenvalue weighted by Crippen LogP contribution is -2.53. The van der Waals surface area contributed by atoms with Crippen molar-refractivity contribution in [1.29, 1.82) is 0 Å². The molecule has 2 aliphatic rings. The number of rotatable bonds is 8. The van der Waals surface area contributed by atoms with Crippen LogP contribution in [0.3, 0.4) is 0 Å². The van der Waals surface area contributed by atoms with Crippen molar-refractivity contribution in [2.45, 2.75) is 64.4 Å². The molecule has 2 aromatic rings. The number of amides is 2. The van der Waals surface area contributed by atoms with Crippen molar-refractivity contribution in [3.05, 3.63) is 59.7 Å². The van der Waals surface area contributed by atoms with Crippen LogP contribution in [0.25, 0.3) is 0 Å². The fourth-order valence-electron chi connectivity index (χ4n) is 5.74. The van der Waals surface area contributed by atoms with Gasteiger partial charge in [0, 0.05) is 42.1 Å². The number of para-hydroxylation sites is 1. The number of hydrogen-bond donors (Lipinski definition) is 1. The topological polar surface area (TPSA) is 87.2 Å². The Balaban J connectivity index is 1.71. The summed E-state index contributed by atoms with van der Waals surface area (Å²) < 4.78 is 41.7. The average molecular weight is 533 g/mol. The number of carboxylic acid groups (broad SMARTS) is 1. The average Bonchev–Trinajstić information content (AvgIpc) is 3.33. The molecule has 0 unspecified atom stereocenters. The SMILES string of the molecule is CC(C)C(=O)N(CCCC(=O)O)[C@H]1c2ccccc2N(C(=O)c2ccc(OC(F)(F)F)cc2)[C@@H]2CCC[C@@H]21. The number of aliphatic carboxylic acids is 1. The molecule has 1 saturated carbocycles. The molecule has 1 fully saturated rings. The van der Waals surface area contributed by atoms with E-state index in [0.717, 1.165) is 37.0 Å². The molecule has 0 bridgehead atoms. The monoisotopic (exact) mass is 532 g/mol. The number of nitrogens with zero attached hydrogens (tertiary/aromatic N) is 2. The minimum atomic E-state index is -4.83. The molecule has 3 atom stereocenters. The molecule has 7 nitrogen and oxygen atoms in total. The van der Waals surface area contributed by atoms with Gasteiger partial charge in [0.05, 0.1) is 6.04 Å². The van der Waals surface area contributed by atoms with Crippen LogP contribution in [0, 0.1) is 11.8 Å². The smallest absolute Gasteiger partial charge is 0.481 e. The predicted octanol–water partition coefficient (Wildman–Crippen LogP) is 5.80. The third-order valence-electron chi connectivity index (χ3n) is 7.24. The number of hydrogen-bond acceptors (Lipinski definition) is 4. The lowest BCUT2D eigenvalue weighted by atomic mass is 9.81. The van der Waals surface area contributed by atoms with E-state index in [9.17, 15) is 27.6 Å². The van der Waals surface area contributed by atoms with E-state index < -0.39 is 18.1 Å². The molecule has 38 heavy (non-hydrogen) atoms. The van der Waals surface area contributed by atoms with Crippen molar-refractivity contribution in [2.75, 3.05) is 11.4 Å². The summed E-state index contributed by atoms with van der Waals surface area (Å²) in [6.45, 7) is 3.92. The molecule has 1 aliphatic carbocycles. The molecule has 2 amide bonds. The van der Waals surface area contributed by atoms with Crippen molar-refractivity contribution in [3.63, 3.8) is 0 Å². The van der Waals surface area contributed by atoms with Gasteiger partial charge in [-0.2, -0.15) is 0 Å². The second-order valence-corrected chi connectivity index (χ2v) is 10.1. The van der Waals surface area contributed by atoms with Crippen molar-refractivity contribution in [2.24, 2.45) is 11.8 Å². The maximum atomic E-state index is 13.8. The van der Waals surface area contributed by atoms with Crippen molar-refractivity contribution in [1.82, 2.24) is 4.90 Å². The Morgan fingerprint density at radius 2 is 1.76 bits per heavy atom. The highest BCUT2D eigenvalue weighted by atomic mass is 19.4. The summed E-state index contributed by atoms with van der Waals surface area (Å²) in [6.07, 6.45) is -2.21. The number of carbonyl (C=O) groups excluding carboxylic acids is 2. The zero-order valence-corrected chi connectivity index (χ0v) is 21.3. The Kier molecular flexibility index (Phi) is 7.99. The number of alkyl halides is 3. The summed E-state index contributed by atoms with van der Waals surface area (Å²) in [5.74, 6) is -2.08. The summed E-state index contributed by atoms with van der Waals surface area (Å²) in [6, 6.07) is 11.7. The lowest BCUT2D eigenvalue weighted by Gasteiger charge is -2.48. The van der Waals surface area contributed by atoms with Gasteiger partial charge >= 0.3 is 12.3 Å².